The van der Waals surface area contributed by atoms with Gasteiger partial charge in [-0.1, -0.05) is 24.3 Å². The molecule has 0 radical (unpaired) electrons. The van der Waals surface area contributed by atoms with Crippen molar-refractivity contribution in [3.63, 3.8) is 0 Å². The molecule has 25 heavy (non-hydrogen) atoms. The van der Waals surface area contributed by atoms with Crippen LogP contribution in [-0.2, 0) is 21.1 Å². The largest absolute Gasteiger partial charge is 0.312 e. The number of sulfone groups is 1. The van der Waals surface area contributed by atoms with Gasteiger partial charge in [-0.25, -0.2) is 8.42 Å². The maximum Gasteiger partial charge on any atom is 0.271 e. The highest BCUT2D eigenvalue weighted by molar-refractivity contribution is 7.91. The molecule has 0 unspecified atom stereocenters. The molecule has 0 atom stereocenters. The lowest BCUT2D eigenvalue weighted by Gasteiger charge is -2.17. The number of fused-ring (bicyclic) bond motifs is 1. The Kier molecular flexibility index (Phi) is 4.54. The number of anilines is 1. The van der Waals surface area contributed by atoms with E-state index < -0.39 is 14.8 Å². The zero-order valence-corrected chi connectivity index (χ0v) is 14.1. The standard InChI is InChI=1S/C17H16N2O5S/c20-17(9-11-25(23,24)15-4-2-1-3-5-15)18-10-8-13-6-7-14(19(21)22)12-16(13)18/h1-7,12H,8-11H2. The van der Waals surface area contributed by atoms with Gasteiger partial charge in [-0.3, -0.25) is 14.9 Å². The van der Waals surface area contributed by atoms with Gasteiger partial charge in [-0.15, -0.1) is 0 Å². The van der Waals surface area contributed by atoms with Gasteiger partial charge in [0.2, 0.25) is 5.91 Å². The lowest BCUT2D eigenvalue weighted by Crippen LogP contribution is -2.30. The van der Waals surface area contributed by atoms with Gasteiger partial charge in [0.25, 0.3) is 5.69 Å². The quantitative estimate of drug-likeness (QED) is 0.602. The lowest BCUT2D eigenvalue weighted by molar-refractivity contribution is -0.384. The van der Waals surface area contributed by atoms with Gasteiger partial charge in [-0.05, 0) is 24.1 Å². The molecule has 0 aliphatic carbocycles. The van der Waals surface area contributed by atoms with Crippen molar-refractivity contribution in [1.29, 1.82) is 0 Å². The first kappa shape index (κ1) is 17.1. The second-order valence-electron chi connectivity index (χ2n) is 5.75. The third-order valence-corrected chi connectivity index (χ3v) is 5.90. The fourth-order valence-corrected chi connectivity index (χ4v) is 4.09. The summed E-state index contributed by atoms with van der Waals surface area (Å²) >= 11 is 0. The molecule has 8 heteroatoms. The molecule has 2 aromatic carbocycles. The third kappa shape index (κ3) is 3.53. The van der Waals surface area contributed by atoms with Crippen molar-refractivity contribution in [2.45, 2.75) is 17.7 Å². The Hall–Kier alpha value is -2.74. The summed E-state index contributed by atoms with van der Waals surface area (Å²) in [7, 11) is -3.54. The average molecular weight is 360 g/mol. The fraction of sp³-hybridized carbons (Fsp3) is 0.235. The molecule has 3 rings (SSSR count). The van der Waals surface area contributed by atoms with E-state index in [1.54, 1.807) is 24.3 Å². The third-order valence-electron chi connectivity index (χ3n) is 4.16. The SMILES string of the molecule is O=C(CCS(=O)(=O)c1ccccc1)N1CCc2ccc([N+](=O)[O-])cc21. The van der Waals surface area contributed by atoms with Gasteiger partial charge in [0.1, 0.15) is 0 Å². The van der Waals surface area contributed by atoms with Crippen LogP contribution in [0.3, 0.4) is 0 Å². The smallest absolute Gasteiger partial charge is 0.271 e. The van der Waals surface area contributed by atoms with Gasteiger partial charge in [0.05, 0.1) is 21.3 Å². The molecule has 0 fully saturated rings. The predicted molar refractivity (Wildman–Crippen MR) is 92.3 cm³/mol. The van der Waals surface area contributed by atoms with E-state index in [0.29, 0.717) is 18.7 Å². The van der Waals surface area contributed by atoms with Crippen LogP contribution in [0, 0.1) is 10.1 Å². The van der Waals surface area contributed by atoms with Gasteiger partial charge < -0.3 is 4.90 Å². The van der Waals surface area contributed by atoms with Crippen LogP contribution in [0.2, 0.25) is 0 Å². The zero-order chi connectivity index (χ0) is 18.0. The number of nitro benzene ring substituents is 1. The molecule has 0 N–H and O–H groups in total. The molecule has 0 bridgehead atoms. The van der Waals surface area contributed by atoms with Crippen LogP contribution >= 0.6 is 0 Å². The second kappa shape index (κ2) is 6.64. The molecule has 2 aromatic rings. The first-order valence-electron chi connectivity index (χ1n) is 7.74. The van der Waals surface area contributed by atoms with E-state index in [9.17, 15) is 23.3 Å². The molecule has 1 aliphatic heterocycles. The number of nitro groups is 1. The topological polar surface area (TPSA) is 97.6 Å². The van der Waals surface area contributed by atoms with Crippen LogP contribution in [0.15, 0.2) is 53.4 Å². The number of rotatable bonds is 5. The van der Waals surface area contributed by atoms with E-state index in [0.717, 1.165) is 5.56 Å². The molecule has 130 valence electrons. The summed E-state index contributed by atoms with van der Waals surface area (Å²) in [6, 6.07) is 12.4. The number of hydrogen-bond acceptors (Lipinski definition) is 5. The molecule has 1 aliphatic rings. The van der Waals surface area contributed by atoms with Crippen molar-refractivity contribution < 1.29 is 18.1 Å². The number of amides is 1. The van der Waals surface area contributed by atoms with Crippen LogP contribution < -0.4 is 4.90 Å². The normalized spacial score (nSPS) is 13.5. The molecule has 0 aromatic heterocycles. The predicted octanol–water partition coefficient (Wildman–Crippen LogP) is 2.35. The number of hydrogen-bond donors (Lipinski definition) is 0. The van der Waals surface area contributed by atoms with E-state index in [1.807, 2.05) is 0 Å². The summed E-state index contributed by atoms with van der Waals surface area (Å²) in [6.07, 6.45) is 0.434. The number of nitrogens with zero attached hydrogens (tertiary/aromatic N) is 2. The van der Waals surface area contributed by atoms with Gasteiger partial charge >= 0.3 is 0 Å². The molecule has 1 heterocycles. The Labute approximate surface area is 145 Å². The average Bonchev–Trinajstić information content (AvgIpc) is 3.03. The van der Waals surface area contributed by atoms with E-state index in [4.69, 9.17) is 0 Å². The van der Waals surface area contributed by atoms with E-state index >= 15 is 0 Å². The molecule has 7 nitrogen and oxygen atoms in total. The highest BCUT2D eigenvalue weighted by atomic mass is 32.2. The number of benzene rings is 2. The highest BCUT2D eigenvalue weighted by Crippen LogP contribution is 2.32. The first-order chi connectivity index (χ1) is 11.9. The van der Waals surface area contributed by atoms with Crippen molar-refractivity contribution in [2.75, 3.05) is 17.2 Å². The monoisotopic (exact) mass is 360 g/mol. The van der Waals surface area contributed by atoms with Crippen molar-refractivity contribution in [2.24, 2.45) is 0 Å². The lowest BCUT2D eigenvalue weighted by atomic mass is 10.1. The van der Waals surface area contributed by atoms with Crippen LogP contribution in [-0.4, -0.2) is 31.5 Å². The maximum absolute atomic E-state index is 12.5. The van der Waals surface area contributed by atoms with E-state index in [-0.39, 0.29) is 28.7 Å². The summed E-state index contributed by atoms with van der Waals surface area (Å²) in [5, 5.41) is 10.9. The Morgan fingerprint density at radius 2 is 1.88 bits per heavy atom. The second-order valence-corrected chi connectivity index (χ2v) is 7.86. The Bertz CT molecular complexity index is 925. The summed E-state index contributed by atoms with van der Waals surface area (Å²) in [5.74, 6) is -0.643. The summed E-state index contributed by atoms with van der Waals surface area (Å²) in [4.78, 5) is 24.5. The van der Waals surface area contributed by atoms with Crippen LogP contribution in [0.25, 0.3) is 0 Å². The minimum Gasteiger partial charge on any atom is -0.312 e. The van der Waals surface area contributed by atoms with Crippen molar-refractivity contribution >= 4 is 27.1 Å². The summed E-state index contributed by atoms with van der Waals surface area (Å²) in [6.45, 7) is 0.403. The van der Waals surface area contributed by atoms with Crippen molar-refractivity contribution in [3.05, 3.63) is 64.2 Å². The van der Waals surface area contributed by atoms with Crippen molar-refractivity contribution in [3.8, 4) is 0 Å². The summed E-state index contributed by atoms with van der Waals surface area (Å²) < 4.78 is 24.6. The molecule has 0 spiro atoms. The Morgan fingerprint density at radius 3 is 2.56 bits per heavy atom. The first-order valence-corrected chi connectivity index (χ1v) is 9.39. The van der Waals surface area contributed by atoms with E-state index in [1.165, 1.54) is 29.2 Å². The maximum atomic E-state index is 12.5. The minimum atomic E-state index is -3.54. The minimum absolute atomic E-state index is 0.0876. The fourth-order valence-electron chi connectivity index (χ4n) is 2.84. The number of carbonyl (C=O) groups excluding carboxylic acids is 1. The van der Waals surface area contributed by atoms with E-state index in [2.05, 4.69) is 0 Å². The van der Waals surface area contributed by atoms with Crippen LogP contribution in [0.5, 0.6) is 0 Å². The molecule has 0 saturated heterocycles. The molecular weight excluding hydrogens is 344 g/mol. The van der Waals surface area contributed by atoms with Gasteiger partial charge in [-0.2, -0.15) is 0 Å². The number of carbonyl (C=O) groups is 1. The van der Waals surface area contributed by atoms with Crippen LogP contribution in [0.1, 0.15) is 12.0 Å². The van der Waals surface area contributed by atoms with Crippen LogP contribution in [0.4, 0.5) is 11.4 Å². The molecule has 0 saturated carbocycles. The van der Waals surface area contributed by atoms with Gasteiger partial charge in [0.15, 0.2) is 9.84 Å². The number of non-ortho nitro benzene ring substituents is 1. The highest BCUT2D eigenvalue weighted by Gasteiger charge is 2.27. The zero-order valence-electron chi connectivity index (χ0n) is 13.3. The Balaban J connectivity index is 1.74. The van der Waals surface area contributed by atoms with Crippen molar-refractivity contribution in [1.82, 2.24) is 0 Å². The summed E-state index contributed by atoms with van der Waals surface area (Å²) in [5.41, 5.74) is 1.26. The van der Waals surface area contributed by atoms with Gasteiger partial charge in [0, 0.05) is 25.1 Å². The molecular formula is C17H16N2O5S. The molecule has 1 amide bonds. The Morgan fingerprint density at radius 1 is 1.16 bits per heavy atom.